The molecule has 0 saturated carbocycles. The van der Waals surface area contributed by atoms with Gasteiger partial charge in [-0.15, -0.1) is 0 Å². The van der Waals surface area contributed by atoms with E-state index in [0.29, 0.717) is 18.5 Å². The highest BCUT2D eigenvalue weighted by molar-refractivity contribution is 7.22. The number of halogens is 1. The first-order valence-corrected chi connectivity index (χ1v) is 7.50. The lowest BCUT2D eigenvalue weighted by Gasteiger charge is -2.03. The molecule has 5 heteroatoms. The molecule has 3 aromatic rings. The minimum Gasteiger partial charge on any atom is -0.497 e. The fourth-order valence-electron chi connectivity index (χ4n) is 2.11. The highest BCUT2D eigenvalue weighted by atomic mass is 32.1. The molecule has 108 valence electrons. The normalized spacial score (nSPS) is 10.8. The van der Waals surface area contributed by atoms with Crippen LogP contribution in [-0.2, 0) is 6.42 Å². The summed E-state index contributed by atoms with van der Waals surface area (Å²) in [7, 11) is 1.65. The molecule has 21 heavy (non-hydrogen) atoms. The maximum absolute atomic E-state index is 13.5. The van der Waals surface area contributed by atoms with Crippen LogP contribution >= 0.6 is 11.3 Å². The summed E-state index contributed by atoms with van der Waals surface area (Å²) in [5.41, 5.74) is 1.65. The van der Waals surface area contributed by atoms with Crippen molar-refractivity contribution >= 4 is 26.7 Å². The minimum absolute atomic E-state index is 0.159. The van der Waals surface area contributed by atoms with Crippen LogP contribution in [-0.4, -0.2) is 18.6 Å². The van der Waals surface area contributed by atoms with Gasteiger partial charge in [-0.3, -0.25) is 0 Å². The van der Waals surface area contributed by atoms with Gasteiger partial charge in [0.05, 0.1) is 17.3 Å². The summed E-state index contributed by atoms with van der Waals surface area (Å²) in [6.45, 7) is 0.651. The van der Waals surface area contributed by atoms with Crippen LogP contribution < -0.4 is 10.1 Å². The van der Waals surface area contributed by atoms with Crippen LogP contribution in [0.5, 0.6) is 5.75 Å². The monoisotopic (exact) mass is 302 g/mol. The first-order valence-electron chi connectivity index (χ1n) is 6.68. The van der Waals surface area contributed by atoms with E-state index in [1.807, 2.05) is 24.3 Å². The Balaban J connectivity index is 1.67. The predicted molar refractivity (Wildman–Crippen MR) is 84.8 cm³/mol. The van der Waals surface area contributed by atoms with Gasteiger partial charge in [-0.1, -0.05) is 29.5 Å². The van der Waals surface area contributed by atoms with Crippen molar-refractivity contribution in [1.82, 2.24) is 4.98 Å². The predicted octanol–water partition coefficient (Wildman–Crippen LogP) is 4.10. The molecule has 1 N–H and O–H groups in total. The van der Waals surface area contributed by atoms with E-state index in [-0.39, 0.29) is 5.82 Å². The van der Waals surface area contributed by atoms with Crippen LogP contribution in [0.4, 0.5) is 9.52 Å². The van der Waals surface area contributed by atoms with Crippen LogP contribution in [0.15, 0.2) is 42.5 Å². The zero-order chi connectivity index (χ0) is 14.7. The van der Waals surface area contributed by atoms with Gasteiger partial charge >= 0.3 is 0 Å². The summed E-state index contributed by atoms with van der Waals surface area (Å²) >= 11 is 1.57. The molecule has 0 amide bonds. The molecule has 1 heterocycles. The SMILES string of the molecule is COc1ccc2nc(NCCc3ccccc3F)sc2c1. The second-order valence-electron chi connectivity index (χ2n) is 4.62. The van der Waals surface area contributed by atoms with Crippen LogP contribution in [0, 0.1) is 5.82 Å². The number of rotatable bonds is 5. The summed E-state index contributed by atoms with van der Waals surface area (Å²) in [6.07, 6.45) is 0.631. The molecular formula is C16H15FN2OS. The third-order valence-electron chi connectivity index (χ3n) is 3.22. The molecule has 2 aromatic carbocycles. The van der Waals surface area contributed by atoms with E-state index >= 15 is 0 Å². The van der Waals surface area contributed by atoms with E-state index in [0.717, 1.165) is 21.1 Å². The van der Waals surface area contributed by atoms with Crippen LogP contribution in [0.1, 0.15) is 5.56 Å². The number of fused-ring (bicyclic) bond motifs is 1. The number of benzene rings is 2. The van der Waals surface area contributed by atoms with Crippen molar-refractivity contribution in [1.29, 1.82) is 0 Å². The summed E-state index contributed by atoms with van der Waals surface area (Å²) < 4.78 is 19.8. The van der Waals surface area contributed by atoms with Gasteiger partial charge in [-0.05, 0) is 36.2 Å². The van der Waals surface area contributed by atoms with Gasteiger partial charge in [0.2, 0.25) is 0 Å². The van der Waals surface area contributed by atoms with E-state index in [9.17, 15) is 4.39 Å². The van der Waals surface area contributed by atoms with Gasteiger partial charge in [0, 0.05) is 6.54 Å². The van der Waals surface area contributed by atoms with Crippen molar-refractivity contribution in [2.24, 2.45) is 0 Å². The Morgan fingerprint density at radius 1 is 1.24 bits per heavy atom. The number of methoxy groups -OCH3 is 1. The lowest BCUT2D eigenvalue weighted by Crippen LogP contribution is -2.05. The Bertz CT molecular complexity index is 757. The standard InChI is InChI=1S/C16H15FN2OS/c1-20-12-6-7-14-15(10-12)21-16(19-14)18-9-8-11-4-2-3-5-13(11)17/h2-7,10H,8-9H2,1H3,(H,18,19). The molecule has 1 aromatic heterocycles. The fourth-order valence-corrected chi connectivity index (χ4v) is 3.03. The second kappa shape index (κ2) is 6.10. The first-order chi connectivity index (χ1) is 10.3. The largest absolute Gasteiger partial charge is 0.497 e. The maximum atomic E-state index is 13.5. The number of nitrogens with zero attached hydrogens (tertiary/aromatic N) is 1. The molecule has 0 atom stereocenters. The lowest BCUT2D eigenvalue weighted by atomic mass is 10.1. The molecule has 0 aliphatic rings. The summed E-state index contributed by atoms with van der Waals surface area (Å²) in [5, 5.41) is 4.09. The smallest absolute Gasteiger partial charge is 0.183 e. The average molecular weight is 302 g/mol. The van der Waals surface area contributed by atoms with Crippen molar-refractivity contribution in [3.05, 3.63) is 53.8 Å². The van der Waals surface area contributed by atoms with Crippen molar-refractivity contribution in [2.45, 2.75) is 6.42 Å². The van der Waals surface area contributed by atoms with Gasteiger partial charge in [0.1, 0.15) is 11.6 Å². The molecule has 0 aliphatic heterocycles. The molecule has 3 rings (SSSR count). The third-order valence-corrected chi connectivity index (χ3v) is 4.20. The van der Waals surface area contributed by atoms with Crippen LogP contribution in [0.3, 0.4) is 0 Å². The number of anilines is 1. The Kier molecular flexibility index (Phi) is 4.01. The van der Waals surface area contributed by atoms with E-state index in [2.05, 4.69) is 10.3 Å². The summed E-state index contributed by atoms with van der Waals surface area (Å²) in [4.78, 5) is 4.50. The zero-order valence-electron chi connectivity index (χ0n) is 11.6. The van der Waals surface area contributed by atoms with Gasteiger partial charge < -0.3 is 10.1 Å². The van der Waals surface area contributed by atoms with E-state index in [1.54, 1.807) is 30.6 Å². The van der Waals surface area contributed by atoms with Crippen molar-refractivity contribution in [3.63, 3.8) is 0 Å². The van der Waals surface area contributed by atoms with Gasteiger partial charge in [-0.2, -0.15) is 0 Å². The Hall–Kier alpha value is -2.14. The van der Waals surface area contributed by atoms with Crippen LogP contribution in [0.2, 0.25) is 0 Å². The molecule has 0 spiro atoms. The number of aromatic nitrogens is 1. The number of ether oxygens (including phenoxy) is 1. The summed E-state index contributed by atoms with van der Waals surface area (Å²) in [6, 6.07) is 12.6. The highest BCUT2D eigenvalue weighted by Gasteiger charge is 2.05. The molecule has 0 aliphatic carbocycles. The molecule has 0 unspecified atom stereocenters. The van der Waals surface area contributed by atoms with Crippen LogP contribution in [0.25, 0.3) is 10.2 Å². The highest BCUT2D eigenvalue weighted by Crippen LogP contribution is 2.29. The lowest BCUT2D eigenvalue weighted by molar-refractivity contribution is 0.415. The van der Waals surface area contributed by atoms with Gasteiger partial charge in [-0.25, -0.2) is 9.37 Å². The molecule has 0 fully saturated rings. The number of hydrogen-bond donors (Lipinski definition) is 1. The molecule has 0 saturated heterocycles. The summed E-state index contributed by atoms with van der Waals surface area (Å²) in [5.74, 6) is 0.664. The van der Waals surface area contributed by atoms with E-state index < -0.39 is 0 Å². The number of thiazole rings is 1. The second-order valence-corrected chi connectivity index (χ2v) is 5.65. The van der Waals surface area contributed by atoms with Gasteiger partial charge in [0.25, 0.3) is 0 Å². The Morgan fingerprint density at radius 3 is 2.90 bits per heavy atom. The average Bonchev–Trinajstić information content (AvgIpc) is 2.90. The molecular weight excluding hydrogens is 287 g/mol. The number of nitrogens with one attached hydrogen (secondary N) is 1. The topological polar surface area (TPSA) is 34.1 Å². The Morgan fingerprint density at radius 2 is 2.10 bits per heavy atom. The third kappa shape index (κ3) is 3.13. The van der Waals surface area contributed by atoms with Crippen molar-refractivity contribution in [3.8, 4) is 5.75 Å². The zero-order valence-corrected chi connectivity index (χ0v) is 12.4. The number of hydrogen-bond acceptors (Lipinski definition) is 4. The Labute approximate surface area is 126 Å². The van der Waals surface area contributed by atoms with E-state index in [4.69, 9.17) is 4.74 Å². The fraction of sp³-hybridized carbons (Fsp3) is 0.188. The maximum Gasteiger partial charge on any atom is 0.183 e. The quantitative estimate of drug-likeness (QED) is 0.770. The molecule has 0 radical (unpaired) electrons. The van der Waals surface area contributed by atoms with E-state index in [1.165, 1.54) is 6.07 Å². The van der Waals surface area contributed by atoms with Crippen molar-refractivity contribution in [2.75, 3.05) is 19.0 Å². The van der Waals surface area contributed by atoms with Gasteiger partial charge in [0.15, 0.2) is 5.13 Å². The molecule has 0 bridgehead atoms. The van der Waals surface area contributed by atoms with Crippen molar-refractivity contribution < 1.29 is 9.13 Å². The first kappa shape index (κ1) is 13.8. The minimum atomic E-state index is -0.159. The molecule has 3 nitrogen and oxygen atoms in total.